The number of methoxy groups -OCH3 is 2. The zero-order valence-corrected chi connectivity index (χ0v) is 12.4. The van der Waals surface area contributed by atoms with E-state index in [9.17, 15) is 5.11 Å². The second kappa shape index (κ2) is 5.41. The Morgan fingerprint density at radius 3 is 2.26 bits per heavy atom. The number of hydrogen-bond acceptors (Lipinski definition) is 3. The Morgan fingerprint density at radius 1 is 1.11 bits per heavy atom. The summed E-state index contributed by atoms with van der Waals surface area (Å²) in [7, 11) is 3.43. The second-order valence-electron chi connectivity index (χ2n) is 5.87. The van der Waals surface area contributed by atoms with Crippen LogP contribution in [0, 0.1) is 0 Å². The molecule has 106 valence electrons. The molecule has 0 saturated heterocycles. The number of rotatable bonds is 4. The van der Waals surface area contributed by atoms with Gasteiger partial charge in [-0.1, -0.05) is 13.8 Å². The van der Waals surface area contributed by atoms with Gasteiger partial charge >= 0.3 is 0 Å². The Hall–Kier alpha value is -1.22. The maximum Gasteiger partial charge on any atom is 0.126 e. The van der Waals surface area contributed by atoms with E-state index in [1.807, 2.05) is 19.9 Å². The minimum atomic E-state index is -0.328. The molecule has 0 fully saturated rings. The molecule has 0 heterocycles. The number of ether oxygens (including phenoxy) is 2. The van der Waals surface area contributed by atoms with E-state index >= 15 is 0 Å². The van der Waals surface area contributed by atoms with Crippen molar-refractivity contribution >= 4 is 0 Å². The molecule has 3 nitrogen and oxygen atoms in total. The molecule has 0 aliphatic heterocycles. The van der Waals surface area contributed by atoms with Crippen molar-refractivity contribution in [3.63, 3.8) is 0 Å². The zero-order chi connectivity index (χ0) is 14.0. The van der Waals surface area contributed by atoms with E-state index in [2.05, 4.69) is 0 Å². The third-order valence-electron chi connectivity index (χ3n) is 4.11. The van der Waals surface area contributed by atoms with Crippen molar-refractivity contribution in [2.75, 3.05) is 20.8 Å². The van der Waals surface area contributed by atoms with E-state index in [0.717, 1.165) is 29.9 Å². The molecule has 0 radical (unpaired) electrons. The van der Waals surface area contributed by atoms with Gasteiger partial charge in [0.2, 0.25) is 0 Å². The Kier molecular flexibility index (Phi) is 4.04. The van der Waals surface area contributed by atoms with Crippen LogP contribution in [0.15, 0.2) is 6.07 Å². The smallest absolute Gasteiger partial charge is 0.126 e. The van der Waals surface area contributed by atoms with Gasteiger partial charge in [-0.3, -0.25) is 0 Å². The van der Waals surface area contributed by atoms with Crippen LogP contribution in [0.3, 0.4) is 0 Å². The highest BCUT2D eigenvalue weighted by Gasteiger charge is 2.29. The Morgan fingerprint density at radius 2 is 1.74 bits per heavy atom. The summed E-state index contributed by atoms with van der Waals surface area (Å²) < 4.78 is 11.2. The average molecular weight is 264 g/mol. The van der Waals surface area contributed by atoms with Crippen LogP contribution < -0.4 is 9.47 Å². The van der Waals surface area contributed by atoms with Crippen LogP contribution in [0.2, 0.25) is 0 Å². The molecule has 1 aliphatic carbocycles. The topological polar surface area (TPSA) is 38.7 Å². The first-order valence-electron chi connectivity index (χ1n) is 6.93. The monoisotopic (exact) mass is 264 g/mol. The molecule has 1 N–H and O–H groups in total. The van der Waals surface area contributed by atoms with Gasteiger partial charge in [0.15, 0.2) is 0 Å². The largest absolute Gasteiger partial charge is 0.496 e. The van der Waals surface area contributed by atoms with E-state index in [4.69, 9.17) is 9.47 Å². The molecule has 0 unspecified atom stereocenters. The number of aliphatic hydroxyl groups is 1. The molecule has 0 atom stereocenters. The van der Waals surface area contributed by atoms with Gasteiger partial charge in [0.25, 0.3) is 0 Å². The van der Waals surface area contributed by atoms with Crippen LogP contribution in [0.5, 0.6) is 11.5 Å². The summed E-state index contributed by atoms with van der Waals surface area (Å²) in [5.74, 6) is 1.88. The molecule has 2 rings (SSSR count). The molecule has 1 aliphatic rings. The third kappa shape index (κ3) is 2.44. The zero-order valence-electron chi connectivity index (χ0n) is 12.4. The minimum Gasteiger partial charge on any atom is -0.496 e. The van der Waals surface area contributed by atoms with Crippen LogP contribution >= 0.6 is 0 Å². The predicted molar refractivity (Wildman–Crippen MR) is 76.3 cm³/mol. The van der Waals surface area contributed by atoms with Gasteiger partial charge in [-0.15, -0.1) is 0 Å². The first kappa shape index (κ1) is 14.2. The minimum absolute atomic E-state index is 0.0886. The highest BCUT2D eigenvalue weighted by molar-refractivity contribution is 5.57. The molecule has 0 spiro atoms. The van der Waals surface area contributed by atoms with E-state index in [0.29, 0.717) is 0 Å². The summed E-state index contributed by atoms with van der Waals surface area (Å²) in [6.07, 6.45) is 4.48. The molecule has 0 aromatic heterocycles. The van der Waals surface area contributed by atoms with Crippen LogP contribution in [0.25, 0.3) is 0 Å². The van der Waals surface area contributed by atoms with Gasteiger partial charge in [-0.05, 0) is 31.7 Å². The Labute approximate surface area is 115 Å². The molecule has 0 bridgehead atoms. The summed E-state index contributed by atoms with van der Waals surface area (Å²) in [4.78, 5) is 0. The van der Waals surface area contributed by atoms with Crippen molar-refractivity contribution in [3.05, 3.63) is 22.8 Å². The highest BCUT2D eigenvalue weighted by Crippen LogP contribution is 2.43. The molecular weight excluding hydrogens is 240 g/mol. The van der Waals surface area contributed by atoms with Gasteiger partial charge in [0, 0.05) is 22.1 Å². The van der Waals surface area contributed by atoms with Gasteiger partial charge in [0.1, 0.15) is 11.5 Å². The predicted octanol–water partition coefficient (Wildman–Crippen LogP) is 2.85. The number of benzene rings is 1. The fraction of sp³-hybridized carbons (Fsp3) is 0.625. The molecule has 0 amide bonds. The SMILES string of the molecule is COc1cc(C(C)(C)CO)c(OC)c2c1CCCC2. The summed E-state index contributed by atoms with van der Waals surface area (Å²) in [6, 6.07) is 2.04. The number of fused-ring (bicyclic) bond motifs is 1. The average Bonchev–Trinajstić information content (AvgIpc) is 2.45. The lowest BCUT2D eigenvalue weighted by Gasteiger charge is -2.30. The lowest BCUT2D eigenvalue weighted by Crippen LogP contribution is -2.24. The molecule has 19 heavy (non-hydrogen) atoms. The van der Waals surface area contributed by atoms with Gasteiger partial charge in [0.05, 0.1) is 20.8 Å². The highest BCUT2D eigenvalue weighted by atomic mass is 16.5. The van der Waals surface area contributed by atoms with Crippen molar-refractivity contribution in [3.8, 4) is 11.5 Å². The maximum absolute atomic E-state index is 9.64. The Balaban J connectivity index is 2.67. The molecule has 1 aromatic rings. The molecule has 0 saturated carbocycles. The summed E-state index contributed by atoms with van der Waals surface area (Å²) >= 11 is 0. The van der Waals surface area contributed by atoms with Crippen LogP contribution in [0.4, 0.5) is 0 Å². The third-order valence-corrected chi connectivity index (χ3v) is 4.11. The van der Waals surface area contributed by atoms with Crippen molar-refractivity contribution in [1.29, 1.82) is 0 Å². The fourth-order valence-electron chi connectivity index (χ4n) is 2.88. The lowest BCUT2D eigenvalue weighted by atomic mass is 9.79. The maximum atomic E-state index is 9.64. The summed E-state index contributed by atoms with van der Waals surface area (Å²) in [5, 5.41) is 9.64. The number of hydrogen-bond donors (Lipinski definition) is 1. The first-order valence-corrected chi connectivity index (χ1v) is 6.93. The van der Waals surface area contributed by atoms with Crippen molar-refractivity contribution < 1.29 is 14.6 Å². The van der Waals surface area contributed by atoms with Crippen molar-refractivity contribution in [1.82, 2.24) is 0 Å². The molecular formula is C16H24O3. The lowest BCUT2D eigenvalue weighted by molar-refractivity contribution is 0.214. The van der Waals surface area contributed by atoms with Crippen LogP contribution in [-0.4, -0.2) is 25.9 Å². The van der Waals surface area contributed by atoms with Crippen molar-refractivity contribution in [2.45, 2.75) is 44.9 Å². The van der Waals surface area contributed by atoms with Gasteiger partial charge < -0.3 is 14.6 Å². The van der Waals surface area contributed by atoms with Gasteiger partial charge in [-0.25, -0.2) is 0 Å². The summed E-state index contributed by atoms with van der Waals surface area (Å²) in [6.45, 7) is 4.14. The van der Waals surface area contributed by atoms with E-state index < -0.39 is 0 Å². The standard InChI is InChI=1S/C16H24O3/c1-16(2,10-17)13-9-14(18-3)11-7-5-6-8-12(11)15(13)19-4/h9,17H,5-8,10H2,1-4H3. The van der Waals surface area contributed by atoms with Gasteiger partial charge in [-0.2, -0.15) is 0 Å². The molecule has 1 aromatic carbocycles. The first-order chi connectivity index (χ1) is 9.05. The van der Waals surface area contributed by atoms with E-state index in [1.54, 1.807) is 14.2 Å². The number of aliphatic hydroxyl groups excluding tert-OH is 1. The molecule has 3 heteroatoms. The van der Waals surface area contributed by atoms with Crippen LogP contribution in [0.1, 0.15) is 43.4 Å². The summed E-state index contributed by atoms with van der Waals surface area (Å²) in [5.41, 5.74) is 3.26. The van der Waals surface area contributed by atoms with Crippen molar-refractivity contribution in [2.24, 2.45) is 0 Å². The fourth-order valence-corrected chi connectivity index (χ4v) is 2.88. The normalized spacial score (nSPS) is 15.0. The quantitative estimate of drug-likeness (QED) is 0.909. The van der Waals surface area contributed by atoms with E-state index in [-0.39, 0.29) is 12.0 Å². The van der Waals surface area contributed by atoms with E-state index in [1.165, 1.54) is 24.0 Å². The Bertz CT molecular complexity index is 464. The van der Waals surface area contributed by atoms with Crippen LogP contribution in [-0.2, 0) is 18.3 Å². The second-order valence-corrected chi connectivity index (χ2v) is 5.87.